The van der Waals surface area contributed by atoms with Gasteiger partial charge in [-0.2, -0.15) is 5.10 Å². The van der Waals surface area contributed by atoms with Crippen molar-refractivity contribution in [2.75, 3.05) is 5.43 Å². The van der Waals surface area contributed by atoms with Crippen molar-refractivity contribution in [3.05, 3.63) is 72.2 Å². The van der Waals surface area contributed by atoms with Crippen molar-refractivity contribution in [3.8, 4) is 0 Å². The van der Waals surface area contributed by atoms with E-state index in [0.29, 0.717) is 5.71 Å². The Kier molecular flexibility index (Phi) is 5.24. The lowest BCUT2D eigenvalue weighted by molar-refractivity contribution is -0.393. The molecule has 0 fully saturated rings. The molecule has 24 heavy (non-hydrogen) atoms. The number of nitro groups is 2. The fraction of sp³-hybridized carbons (Fsp3) is 0.133. The van der Waals surface area contributed by atoms with E-state index >= 15 is 0 Å². The second kappa shape index (κ2) is 7.18. The van der Waals surface area contributed by atoms with E-state index in [9.17, 15) is 20.2 Å². The number of hydrogen-bond donors (Lipinski definition) is 1. The number of anilines is 1. The molecule has 1 N–H and O–H groups in total. The van der Waals surface area contributed by atoms with Gasteiger partial charge in [-0.05, 0) is 32.0 Å². The van der Waals surface area contributed by atoms with E-state index in [0.717, 1.165) is 21.7 Å². The predicted molar refractivity (Wildman–Crippen MR) is 94.5 cm³/mol. The summed E-state index contributed by atoms with van der Waals surface area (Å²) in [5.41, 5.74) is 4.42. The van der Waals surface area contributed by atoms with Crippen molar-refractivity contribution in [1.29, 1.82) is 0 Å². The van der Waals surface area contributed by atoms with Gasteiger partial charge in [-0.1, -0.05) is 27.6 Å². The van der Waals surface area contributed by atoms with Crippen LogP contribution in [-0.2, 0) is 0 Å². The molecule has 2 aromatic carbocycles. The van der Waals surface area contributed by atoms with Gasteiger partial charge in [0.15, 0.2) is 0 Å². The molecule has 124 valence electrons. The molecule has 0 heterocycles. The van der Waals surface area contributed by atoms with E-state index in [2.05, 4.69) is 26.5 Å². The molecule has 2 aromatic rings. The Morgan fingerprint density at radius 1 is 1.12 bits per heavy atom. The first-order valence-corrected chi connectivity index (χ1v) is 7.58. The van der Waals surface area contributed by atoms with Crippen LogP contribution >= 0.6 is 15.9 Å². The van der Waals surface area contributed by atoms with Crippen molar-refractivity contribution in [2.24, 2.45) is 5.10 Å². The van der Waals surface area contributed by atoms with Crippen LogP contribution in [0.25, 0.3) is 0 Å². The number of nitrogens with zero attached hydrogens (tertiary/aromatic N) is 3. The van der Waals surface area contributed by atoms with Crippen LogP contribution in [0.1, 0.15) is 18.1 Å². The number of nitro benzene ring substituents is 2. The summed E-state index contributed by atoms with van der Waals surface area (Å²) in [6.07, 6.45) is 0. The van der Waals surface area contributed by atoms with E-state index in [1.165, 1.54) is 12.1 Å². The number of halogens is 1. The molecule has 0 saturated carbocycles. The molecule has 0 unspecified atom stereocenters. The lowest BCUT2D eigenvalue weighted by Crippen LogP contribution is -2.03. The number of non-ortho nitro benzene ring substituents is 1. The summed E-state index contributed by atoms with van der Waals surface area (Å²) in [6.45, 7) is 3.70. The van der Waals surface area contributed by atoms with Gasteiger partial charge in [-0.15, -0.1) is 0 Å². The number of rotatable bonds is 5. The third-order valence-corrected chi connectivity index (χ3v) is 3.94. The largest absolute Gasteiger partial charge is 0.301 e. The third-order valence-electron chi connectivity index (χ3n) is 3.24. The van der Waals surface area contributed by atoms with Crippen LogP contribution in [0.15, 0.2) is 46.0 Å². The minimum atomic E-state index is -0.692. The summed E-state index contributed by atoms with van der Waals surface area (Å²) in [6, 6.07) is 9.10. The molecule has 0 aliphatic carbocycles. The summed E-state index contributed by atoms with van der Waals surface area (Å²) in [5.74, 6) is 0. The second-order valence-electron chi connectivity index (χ2n) is 5.01. The number of benzene rings is 2. The Bertz CT molecular complexity index is 851. The SMILES string of the molecule is C/C(=N\Nc1ccc([N+](=O)[O-])cc1[N+](=O)[O-])c1cc(C)ccc1Br. The van der Waals surface area contributed by atoms with Gasteiger partial charge in [0.05, 0.1) is 21.6 Å². The van der Waals surface area contributed by atoms with E-state index in [1.54, 1.807) is 6.92 Å². The monoisotopic (exact) mass is 392 g/mol. The fourth-order valence-electron chi connectivity index (χ4n) is 2.00. The van der Waals surface area contributed by atoms with Crippen LogP contribution < -0.4 is 5.43 Å². The molecule has 0 spiro atoms. The van der Waals surface area contributed by atoms with Crippen LogP contribution in [0.2, 0.25) is 0 Å². The van der Waals surface area contributed by atoms with Crippen LogP contribution in [-0.4, -0.2) is 15.6 Å². The molecule has 0 bridgehead atoms. The van der Waals surface area contributed by atoms with E-state index in [4.69, 9.17) is 0 Å². The molecule has 0 amide bonds. The normalized spacial score (nSPS) is 11.2. The zero-order chi connectivity index (χ0) is 17.9. The highest BCUT2D eigenvalue weighted by Gasteiger charge is 2.19. The van der Waals surface area contributed by atoms with Gasteiger partial charge in [0.25, 0.3) is 5.69 Å². The first-order valence-electron chi connectivity index (χ1n) is 6.79. The number of aryl methyl sites for hydroxylation is 1. The lowest BCUT2D eigenvalue weighted by Gasteiger charge is -2.07. The van der Waals surface area contributed by atoms with Gasteiger partial charge in [-0.25, -0.2) is 0 Å². The summed E-state index contributed by atoms with van der Waals surface area (Å²) < 4.78 is 0.842. The maximum Gasteiger partial charge on any atom is 0.301 e. The molecule has 2 rings (SSSR count). The Morgan fingerprint density at radius 2 is 1.83 bits per heavy atom. The van der Waals surface area contributed by atoms with Crippen LogP contribution in [0, 0.1) is 27.2 Å². The molecule has 8 nitrogen and oxygen atoms in total. The quantitative estimate of drug-likeness (QED) is 0.460. The smallest absolute Gasteiger partial charge is 0.271 e. The van der Waals surface area contributed by atoms with E-state index in [-0.39, 0.29) is 11.4 Å². The molecule has 0 saturated heterocycles. The number of hydrazone groups is 1. The average molecular weight is 393 g/mol. The average Bonchev–Trinajstić information content (AvgIpc) is 2.54. The van der Waals surface area contributed by atoms with Gasteiger partial charge in [0, 0.05) is 16.1 Å². The van der Waals surface area contributed by atoms with Crippen LogP contribution in [0.5, 0.6) is 0 Å². The standard InChI is InChI=1S/C15H13BrN4O4/c1-9-3-5-13(16)12(7-9)10(2)17-18-14-6-4-11(19(21)22)8-15(14)20(23)24/h3-8,18H,1-2H3/b17-10+. The fourth-order valence-corrected chi connectivity index (χ4v) is 2.53. The lowest BCUT2D eigenvalue weighted by atomic mass is 10.1. The molecule has 0 aliphatic rings. The second-order valence-corrected chi connectivity index (χ2v) is 5.86. The maximum absolute atomic E-state index is 11.1. The zero-order valence-corrected chi connectivity index (χ0v) is 14.4. The van der Waals surface area contributed by atoms with Gasteiger partial charge >= 0.3 is 5.69 Å². The van der Waals surface area contributed by atoms with Crippen molar-refractivity contribution < 1.29 is 9.85 Å². The van der Waals surface area contributed by atoms with E-state index < -0.39 is 15.5 Å². The molecular weight excluding hydrogens is 380 g/mol. The number of nitrogens with one attached hydrogen (secondary N) is 1. The summed E-state index contributed by atoms with van der Waals surface area (Å²) in [7, 11) is 0. The highest BCUT2D eigenvalue weighted by atomic mass is 79.9. The van der Waals surface area contributed by atoms with Crippen molar-refractivity contribution >= 4 is 38.7 Å². The molecule has 0 atom stereocenters. The Labute approximate surface area is 145 Å². The Morgan fingerprint density at radius 3 is 2.46 bits per heavy atom. The first kappa shape index (κ1) is 17.5. The molecule has 0 aliphatic heterocycles. The van der Waals surface area contributed by atoms with E-state index in [1.807, 2.05) is 25.1 Å². The van der Waals surface area contributed by atoms with Gasteiger partial charge in [-0.3, -0.25) is 25.7 Å². The predicted octanol–water partition coefficient (Wildman–Crippen LogP) is 4.41. The molecule has 0 aromatic heterocycles. The van der Waals surface area contributed by atoms with Gasteiger partial charge in [0.1, 0.15) is 5.69 Å². The van der Waals surface area contributed by atoms with Gasteiger partial charge in [0.2, 0.25) is 0 Å². The van der Waals surface area contributed by atoms with Crippen LogP contribution in [0.3, 0.4) is 0 Å². The maximum atomic E-state index is 11.1. The van der Waals surface area contributed by atoms with Crippen LogP contribution in [0.4, 0.5) is 17.1 Å². The third kappa shape index (κ3) is 3.93. The summed E-state index contributed by atoms with van der Waals surface area (Å²) in [4.78, 5) is 20.5. The topological polar surface area (TPSA) is 111 Å². The zero-order valence-electron chi connectivity index (χ0n) is 12.8. The Balaban J connectivity index is 2.35. The molecular formula is C15H13BrN4O4. The van der Waals surface area contributed by atoms with Gasteiger partial charge < -0.3 is 0 Å². The molecule has 0 radical (unpaired) electrons. The van der Waals surface area contributed by atoms with Crippen molar-refractivity contribution in [1.82, 2.24) is 0 Å². The first-order chi connectivity index (χ1) is 11.3. The minimum Gasteiger partial charge on any atom is -0.271 e. The highest BCUT2D eigenvalue weighted by molar-refractivity contribution is 9.10. The highest BCUT2D eigenvalue weighted by Crippen LogP contribution is 2.29. The van der Waals surface area contributed by atoms with Crippen molar-refractivity contribution in [3.63, 3.8) is 0 Å². The summed E-state index contributed by atoms with van der Waals surface area (Å²) in [5, 5.41) is 26.0. The number of hydrogen-bond acceptors (Lipinski definition) is 6. The minimum absolute atomic E-state index is 0.0775. The molecule has 9 heteroatoms. The van der Waals surface area contributed by atoms with Crippen molar-refractivity contribution in [2.45, 2.75) is 13.8 Å². The summed E-state index contributed by atoms with van der Waals surface area (Å²) >= 11 is 3.43. The Hall–Kier alpha value is -2.81.